The maximum Gasteiger partial charge on any atom is 0.224 e. The number of hydrogen-bond acceptors (Lipinski definition) is 1. The normalized spacial score (nSPS) is 11.8. The van der Waals surface area contributed by atoms with Crippen LogP contribution in [-0.4, -0.2) is 11.9 Å². The molecule has 0 aliphatic heterocycles. The van der Waals surface area contributed by atoms with E-state index in [4.69, 9.17) is 0 Å². The molecule has 2 rings (SSSR count). The molecule has 0 radical (unpaired) electrons. The van der Waals surface area contributed by atoms with E-state index in [0.29, 0.717) is 6.42 Å². The first-order chi connectivity index (χ1) is 9.24. The van der Waals surface area contributed by atoms with Crippen LogP contribution in [0.15, 0.2) is 60.7 Å². The van der Waals surface area contributed by atoms with E-state index in [1.165, 1.54) is 5.56 Å². The van der Waals surface area contributed by atoms with Gasteiger partial charge in [0.1, 0.15) is 0 Å². The zero-order valence-corrected chi connectivity index (χ0v) is 11.2. The Kier molecular flexibility index (Phi) is 4.73. The van der Waals surface area contributed by atoms with E-state index in [0.717, 1.165) is 12.0 Å². The van der Waals surface area contributed by atoms with E-state index in [1.807, 2.05) is 55.5 Å². The maximum absolute atomic E-state index is 11.9. The summed E-state index contributed by atoms with van der Waals surface area (Å²) >= 11 is 0. The number of carbonyl (C=O) groups excluding carboxylic acids is 1. The van der Waals surface area contributed by atoms with E-state index >= 15 is 0 Å². The van der Waals surface area contributed by atoms with Gasteiger partial charge < -0.3 is 5.32 Å². The molecule has 0 saturated carbocycles. The van der Waals surface area contributed by atoms with E-state index in [-0.39, 0.29) is 11.9 Å². The molecule has 0 aromatic heterocycles. The Morgan fingerprint density at radius 1 is 0.947 bits per heavy atom. The van der Waals surface area contributed by atoms with Gasteiger partial charge in [-0.1, -0.05) is 60.7 Å². The Morgan fingerprint density at radius 2 is 1.47 bits per heavy atom. The van der Waals surface area contributed by atoms with Gasteiger partial charge in [-0.3, -0.25) is 4.79 Å². The van der Waals surface area contributed by atoms with Crippen molar-refractivity contribution in [3.8, 4) is 0 Å². The fraction of sp³-hybridized carbons (Fsp3) is 0.235. The Labute approximate surface area is 114 Å². The summed E-state index contributed by atoms with van der Waals surface area (Å²) in [6.07, 6.45) is 1.31. The molecule has 2 heteroatoms. The molecule has 0 unspecified atom stereocenters. The minimum Gasteiger partial charge on any atom is -0.353 e. The number of rotatable bonds is 5. The van der Waals surface area contributed by atoms with Crippen molar-refractivity contribution in [3.05, 3.63) is 71.8 Å². The average molecular weight is 253 g/mol. The van der Waals surface area contributed by atoms with Crippen LogP contribution in [0, 0.1) is 0 Å². The quantitative estimate of drug-likeness (QED) is 0.872. The highest BCUT2D eigenvalue weighted by Gasteiger charge is 2.08. The highest BCUT2D eigenvalue weighted by Crippen LogP contribution is 2.04. The minimum atomic E-state index is 0.0784. The van der Waals surface area contributed by atoms with Crippen LogP contribution < -0.4 is 5.32 Å². The highest BCUT2D eigenvalue weighted by molar-refractivity contribution is 5.78. The summed E-state index contributed by atoms with van der Waals surface area (Å²) in [5.41, 5.74) is 2.29. The summed E-state index contributed by atoms with van der Waals surface area (Å²) in [6, 6.07) is 20.2. The minimum absolute atomic E-state index is 0.0784. The first-order valence-corrected chi connectivity index (χ1v) is 6.61. The van der Waals surface area contributed by atoms with Crippen molar-refractivity contribution in [1.82, 2.24) is 5.32 Å². The molecule has 0 spiro atoms. The van der Waals surface area contributed by atoms with E-state index in [9.17, 15) is 4.79 Å². The third kappa shape index (κ3) is 4.59. The molecule has 98 valence electrons. The van der Waals surface area contributed by atoms with Gasteiger partial charge in [-0.25, -0.2) is 0 Å². The predicted molar refractivity (Wildman–Crippen MR) is 77.9 cm³/mol. The molecular formula is C17H19NO. The van der Waals surface area contributed by atoms with Crippen LogP contribution in [-0.2, 0) is 17.6 Å². The summed E-state index contributed by atoms with van der Waals surface area (Å²) in [7, 11) is 0. The fourth-order valence-electron chi connectivity index (χ4n) is 2.13. The second-order valence-electron chi connectivity index (χ2n) is 4.82. The van der Waals surface area contributed by atoms with Crippen molar-refractivity contribution in [2.24, 2.45) is 0 Å². The first kappa shape index (κ1) is 13.3. The molecule has 0 bridgehead atoms. The Balaban J connectivity index is 1.82. The van der Waals surface area contributed by atoms with Gasteiger partial charge in [0.15, 0.2) is 0 Å². The summed E-state index contributed by atoms with van der Waals surface area (Å²) in [5.74, 6) is 0.0784. The Bertz CT molecular complexity index is 507. The number of amides is 1. The monoisotopic (exact) mass is 253 g/mol. The molecule has 1 N–H and O–H groups in total. The molecular weight excluding hydrogens is 234 g/mol. The largest absolute Gasteiger partial charge is 0.353 e. The lowest BCUT2D eigenvalue weighted by molar-refractivity contribution is -0.121. The molecule has 0 aliphatic rings. The van der Waals surface area contributed by atoms with Crippen molar-refractivity contribution in [2.75, 3.05) is 0 Å². The lowest BCUT2D eigenvalue weighted by Crippen LogP contribution is -2.35. The van der Waals surface area contributed by atoms with E-state index in [1.54, 1.807) is 0 Å². The molecule has 1 atom stereocenters. The molecule has 0 aliphatic carbocycles. The van der Waals surface area contributed by atoms with Gasteiger partial charge in [0.25, 0.3) is 0 Å². The molecule has 19 heavy (non-hydrogen) atoms. The summed E-state index contributed by atoms with van der Waals surface area (Å²) in [6.45, 7) is 2.04. The van der Waals surface area contributed by atoms with Crippen LogP contribution in [0.4, 0.5) is 0 Å². The van der Waals surface area contributed by atoms with Gasteiger partial charge >= 0.3 is 0 Å². The smallest absolute Gasteiger partial charge is 0.224 e. The number of hydrogen-bond donors (Lipinski definition) is 1. The summed E-state index contributed by atoms with van der Waals surface area (Å²) in [4.78, 5) is 11.9. The molecule has 2 nitrogen and oxygen atoms in total. The van der Waals surface area contributed by atoms with Crippen LogP contribution in [0.3, 0.4) is 0 Å². The SMILES string of the molecule is C[C@H](Cc1ccccc1)NC(=O)Cc1ccccc1. The summed E-state index contributed by atoms with van der Waals surface area (Å²) in [5, 5.41) is 3.04. The topological polar surface area (TPSA) is 29.1 Å². The van der Waals surface area contributed by atoms with E-state index < -0.39 is 0 Å². The zero-order valence-electron chi connectivity index (χ0n) is 11.2. The van der Waals surface area contributed by atoms with Crippen LogP contribution in [0.25, 0.3) is 0 Å². The third-order valence-electron chi connectivity index (χ3n) is 3.00. The maximum atomic E-state index is 11.9. The fourth-order valence-corrected chi connectivity index (χ4v) is 2.13. The lowest BCUT2D eigenvalue weighted by Gasteiger charge is -2.14. The third-order valence-corrected chi connectivity index (χ3v) is 3.00. The van der Waals surface area contributed by atoms with E-state index in [2.05, 4.69) is 17.4 Å². The van der Waals surface area contributed by atoms with Crippen molar-refractivity contribution in [1.29, 1.82) is 0 Å². The number of benzene rings is 2. The van der Waals surface area contributed by atoms with Crippen LogP contribution >= 0.6 is 0 Å². The van der Waals surface area contributed by atoms with Crippen LogP contribution in [0.5, 0.6) is 0 Å². The first-order valence-electron chi connectivity index (χ1n) is 6.61. The van der Waals surface area contributed by atoms with Gasteiger partial charge in [0.05, 0.1) is 6.42 Å². The number of nitrogens with one attached hydrogen (secondary N) is 1. The van der Waals surface area contributed by atoms with Crippen molar-refractivity contribution in [2.45, 2.75) is 25.8 Å². The van der Waals surface area contributed by atoms with Gasteiger partial charge in [0, 0.05) is 6.04 Å². The second-order valence-corrected chi connectivity index (χ2v) is 4.82. The number of carbonyl (C=O) groups is 1. The molecule has 2 aromatic rings. The van der Waals surface area contributed by atoms with Crippen LogP contribution in [0.2, 0.25) is 0 Å². The Hall–Kier alpha value is -2.09. The van der Waals surface area contributed by atoms with Gasteiger partial charge in [-0.05, 0) is 24.5 Å². The van der Waals surface area contributed by atoms with Crippen molar-refractivity contribution >= 4 is 5.91 Å². The standard InChI is InChI=1S/C17H19NO/c1-14(12-15-8-4-2-5-9-15)18-17(19)13-16-10-6-3-7-11-16/h2-11,14H,12-13H2,1H3,(H,18,19)/t14-/m1/s1. The van der Waals surface area contributed by atoms with Gasteiger partial charge in [-0.2, -0.15) is 0 Å². The molecule has 0 heterocycles. The summed E-state index contributed by atoms with van der Waals surface area (Å²) < 4.78 is 0. The van der Waals surface area contributed by atoms with Gasteiger partial charge in [-0.15, -0.1) is 0 Å². The second kappa shape index (κ2) is 6.74. The molecule has 1 amide bonds. The molecule has 0 fully saturated rings. The van der Waals surface area contributed by atoms with Crippen molar-refractivity contribution < 1.29 is 4.79 Å². The van der Waals surface area contributed by atoms with Crippen molar-refractivity contribution in [3.63, 3.8) is 0 Å². The average Bonchev–Trinajstić information content (AvgIpc) is 2.40. The highest BCUT2D eigenvalue weighted by atomic mass is 16.1. The predicted octanol–water partition coefficient (Wildman–Crippen LogP) is 2.98. The van der Waals surface area contributed by atoms with Gasteiger partial charge in [0.2, 0.25) is 5.91 Å². The zero-order chi connectivity index (χ0) is 13.5. The lowest BCUT2D eigenvalue weighted by atomic mass is 10.1. The molecule has 0 saturated heterocycles. The van der Waals surface area contributed by atoms with Crippen LogP contribution in [0.1, 0.15) is 18.1 Å². The Morgan fingerprint density at radius 3 is 2.05 bits per heavy atom. The molecule has 2 aromatic carbocycles.